The topological polar surface area (TPSA) is 192 Å². The zero-order chi connectivity index (χ0) is 36.9. The van der Waals surface area contributed by atoms with Crippen LogP contribution in [0.15, 0.2) is 78.4 Å². The molecule has 0 amide bonds. The van der Waals surface area contributed by atoms with Crippen LogP contribution >= 0.6 is 0 Å². The molecule has 12 heteroatoms. The standard InChI is InChI=1S/C40H34O12/c1-19(2)10-13-39-27-9-6-22(43)16-30(27)52-40(39,48)36(46)34-32(51-39)17-31(49-37(47)25-8-5-20(41)14-28(25)44)33(35(34)45)24-11-12-38(3)18-26(24)23-7-4-21(42)15-29(23)50-38/h4-11,14-17,26,41-45,48H,12-13,18H2,1-3H3. The highest BCUT2D eigenvalue weighted by atomic mass is 16.7. The molecule has 1 aliphatic carbocycles. The molecule has 6 N–H and O–H groups in total. The van der Waals surface area contributed by atoms with Crippen LogP contribution in [0.2, 0.25) is 0 Å². The van der Waals surface area contributed by atoms with Gasteiger partial charge in [0.2, 0.25) is 11.4 Å². The number of allylic oxidation sites excluding steroid dienone is 2. The number of hydrogen-bond donors (Lipinski definition) is 6. The van der Waals surface area contributed by atoms with Crippen molar-refractivity contribution in [3.05, 3.63) is 106 Å². The van der Waals surface area contributed by atoms with Gasteiger partial charge in [0.05, 0.1) is 5.56 Å². The van der Waals surface area contributed by atoms with Crippen LogP contribution in [0.4, 0.5) is 0 Å². The molecule has 0 radical (unpaired) electrons. The largest absolute Gasteiger partial charge is 0.508 e. The molecule has 4 aromatic carbocycles. The van der Waals surface area contributed by atoms with Gasteiger partial charge < -0.3 is 49.6 Å². The van der Waals surface area contributed by atoms with Crippen molar-refractivity contribution in [3.63, 3.8) is 0 Å². The zero-order valence-corrected chi connectivity index (χ0v) is 28.3. The number of aliphatic hydroxyl groups is 1. The lowest BCUT2D eigenvalue weighted by molar-refractivity contribution is -0.201. The Hall–Kier alpha value is -6.14. The summed E-state index contributed by atoms with van der Waals surface area (Å²) in [4.78, 5) is 28.4. The van der Waals surface area contributed by atoms with Gasteiger partial charge in [-0.1, -0.05) is 23.8 Å². The van der Waals surface area contributed by atoms with Gasteiger partial charge in [-0.25, -0.2) is 4.79 Å². The number of carbonyl (C=O) groups is 2. The molecule has 4 unspecified atom stereocenters. The molecule has 12 nitrogen and oxygen atoms in total. The number of benzene rings is 4. The van der Waals surface area contributed by atoms with E-state index in [2.05, 4.69) is 0 Å². The molecule has 0 aromatic heterocycles. The summed E-state index contributed by atoms with van der Waals surface area (Å²) in [6.45, 7) is 5.57. The predicted octanol–water partition coefficient (Wildman–Crippen LogP) is 6.45. The van der Waals surface area contributed by atoms with Crippen LogP contribution in [0.1, 0.15) is 83.4 Å². The summed E-state index contributed by atoms with van der Waals surface area (Å²) in [6, 6.07) is 13.4. The van der Waals surface area contributed by atoms with Gasteiger partial charge in [0, 0.05) is 54.2 Å². The number of esters is 1. The number of fused-ring (bicyclic) bond motifs is 8. The molecule has 4 aliphatic rings. The minimum Gasteiger partial charge on any atom is -0.508 e. The number of hydrogen-bond acceptors (Lipinski definition) is 12. The van der Waals surface area contributed by atoms with E-state index in [1.807, 2.05) is 26.8 Å². The molecular formula is C40H34O12. The van der Waals surface area contributed by atoms with Crippen LogP contribution in [-0.4, -0.2) is 53.8 Å². The summed E-state index contributed by atoms with van der Waals surface area (Å²) in [5.41, 5.74) is -1.12. The van der Waals surface area contributed by atoms with Gasteiger partial charge in [0.1, 0.15) is 68.5 Å². The minimum absolute atomic E-state index is 0.00341. The Morgan fingerprint density at radius 1 is 0.865 bits per heavy atom. The number of ether oxygens (including phenoxy) is 4. The second kappa shape index (κ2) is 11.2. The Morgan fingerprint density at radius 2 is 1.56 bits per heavy atom. The van der Waals surface area contributed by atoms with Crippen molar-refractivity contribution in [2.75, 3.05) is 0 Å². The molecule has 266 valence electrons. The SMILES string of the molecule is CC(C)=CCC12Oc3cc(OC(=O)c4ccc(O)cc4O)c(C4=CCC5(C)CC4c4ccc(O)cc4O5)c(O)c3C(=O)C1(O)Oc1cc(O)ccc12. The number of carbonyl (C=O) groups excluding carboxylic acids is 2. The maximum Gasteiger partial charge on any atom is 0.347 e. The highest BCUT2D eigenvalue weighted by Crippen LogP contribution is 2.61. The molecule has 2 bridgehead atoms. The second-order valence-electron chi connectivity index (χ2n) is 14.1. The van der Waals surface area contributed by atoms with Gasteiger partial charge in [0.25, 0.3) is 0 Å². The Kier molecular flexibility index (Phi) is 7.10. The van der Waals surface area contributed by atoms with Crippen LogP contribution in [0.5, 0.6) is 51.7 Å². The van der Waals surface area contributed by atoms with Gasteiger partial charge in [-0.3, -0.25) is 4.79 Å². The van der Waals surface area contributed by atoms with E-state index in [1.165, 1.54) is 48.5 Å². The average molecular weight is 707 g/mol. The summed E-state index contributed by atoms with van der Waals surface area (Å²) in [6.07, 6.45) is 4.25. The third-order valence-electron chi connectivity index (χ3n) is 10.2. The molecule has 0 spiro atoms. The van der Waals surface area contributed by atoms with Gasteiger partial charge in [-0.05, 0) is 63.1 Å². The van der Waals surface area contributed by atoms with E-state index >= 15 is 0 Å². The highest BCUT2D eigenvalue weighted by Gasteiger charge is 2.70. The maximum atomic E-state index is 14.7. The molecule has 52 heavy (non-hydrogen) atoms. The summed E-state index contributed by atoms with van der Waals surface area (Å²) >= 11 is 0. The van der Waals surface area contributed by atoms with E-state index < -0.39 is 51.7 Å². The Morgan fingerprint density at radius 3 is 2.29 bits per heavy atom. The van der Waals surface area contributed by atoms with Crippen molar-refractivity contribution in [1.82, 2.24) is 0 Å². The van der Waals surface area contributed by atoms with Gasteiger partial charge >= 0.3 is 11.8 Å². The Labute approximate surface area is 297 Å². The second-order valence-corrected chi connectivity index (χ2v) is 14.1. The molecule has 8 rings (SSSR count). The van der Waals surface area contributed by atoms with E-state index in [0.717, 1.165) is 11.6 Å². The van der Waals surface area contributed by atoms with Crippen molar-refractivity contribution in [3.8, 4) is 51.7 Å². The fourth-order valence-electron chi connectivity index (χ4n) is 7.73. The number of rotatable bonds is 5. The van der Waals surface area contributed by atoms with Gasteiger partial charge in [-0.15, -0.1) is 0 Å². The monoisotopic (exact) mass is 706 g/mol. The van der Waals surface area contributed by atoms with Crippen LogP contribution in [0.25, 0.3) is 5.57 Å². The van der Waals surface area contributed by atoms with E-state index in [9.17, 15) is 40.2 Å². The number of ketones is 1. The van der Waals surface area contributed by atoms with E-state index in [1.54, 1.807) is 12.1 Å². The van der Waals surface area contributed by atoms with Gasteiger partial charge in [0.15, 0.2) is 0 Å². The maximum absolute atomic E-state index is 14.7. The molecule has 3 heterocycles. The first-order chi connectivity index (χ1) is 24.6. The number of aromatic hydroxyl groups is 5. The van der Waals surface area contributed by atoms with Gasteiger partial charge in [-0.2, -0.15) is 0 Å². The molecule has 3 aliphatic heterocycles. The van der Waals surface area contributed by atoms with E-state index in [0.29, 0.717) is 29.7 Å². The normalized spacial score (nSPS) is 24.8. The first-order valence-corrected chi connectivity index (χ1v) is 16.6. The van der Waals surface area contributed by atoms with Crippen molar-refractivity contribution < 1.29 is 59.2 Å². The average Bonchev–Trinajstić information content (AvgIpc) is 3.31. The smallest absolute Gasteiger partial charge is 0.347 e. The number of Topliss-reactive ketones (excluding diaryl/α,β-unsaturated/α-hetero) is 1. The predicted molar refractivity (Wildman–Crippen MR) is 184 cm³/mol. The molecule has 4 atom stereocenters. The summed E-state index contributed by atoms with van der Waals surface area (Å²) in [7, 11) is 0. The molecule has 0 saturated carbocycles. The van der Waals surface area contributed by atoms with E-state index in [4.69, 9.17) is 18.9 Å². The highest BCUT2D eigenvalue weighted by molar-refractivity contribution is 6.10. The third-order valence-corrected chi connectivity index (χ3v) is 10.2. The first-order valence-electron chi connectivity index (χ1n) is 16.6. The zero-order valence-electron chi connectivity index (χ0n) is 28.3. The molecule has 0 fully saturated rings. The van der Waals surface area contributed by atoms with Crippen LogP contribution < -0.4 is 18.9 Å². The van der Waals surface area contributed by atoms with Crippen molar-refractivity contribution >= 4 is 17.3 Å². The van der Waals surface area contributed by atoms with Crippen molar-refractivity contribution in [2.24, 2.45) is 0 Å². The third kappa shape index (κ3) is 4.78. The Bertz CT molecular complexity index is 2300. The quantitative estimate of drug-likeness (QED) is 0.0756. The molecule has 4 aromatic rings. The molecule has 0 saturated heterocycles. The Balaban J connectivity index is 1.35. The summed E-state index contributed by atoms with van der Waals surface area (Å²) in [5.74, 6) is -6.97. The minimum atomic E-state index is -2.70. The number of phenolic OH excluding ortho intramolecular Hbond substituents is 5. The van der Waals surface area contributed by atoms with Crippen LogP contribution in [0.3, 0.4) is 0 Å². The fraction of sp³-hybridized carbons (Fsp3) is 0.250. The number of phenols is 5. The lowest BCUT2D eigenvalue weighted by Crippen LogP contribution is -2.62. The summed E-state index contributed by atoms with van der Waals surface area (Å²) < 4.78 is 24.7. The summed E-state index contributed by atoms with van der Waals surface area (Å²) in [5, 5.41) is 65.4. The lowest BCUT2D eigenvalue weighted by atomic mass is 9.70. The van der Waals surface area contributed by atoms with Crippen LogP contribution in [-0.2, 0) is 5.60 Å². The molecular weight excluding hydrogens is 672 g/mol. The van der Waals surface area contributed by atoms with Crippen molar-refractivity contribution in [2.45, 2.75) is 62.9 Å². The van der Waals surface area contributed by atoms with Crippen molar-refractivity contribution in [1.29, 1.82) is 0 Å². The fourth-order valence-corrected chi connectivity index (χ4v) is 7.73. The van der Waals surface area contributed by atoms with E-state index in [-0.39, 0.29) is 57.6 Å². The van der Waals surface area contributed by atoms with Crippen LogP contribution in [0, 0.1) is 0 Å². The lowest BCUT2D eigenvalue weighted by Gasteiger charge is -2.45. The first kappa shape index (κ1) is 33.0.